The van der Waals surface area contributed by atoms with Crippen molar-refractivity contribution in [2.24, 2.45) is 0 Å². The Kier molecular flexibility index (Phi) is 81.8. The molecule has 0 aromatic carbocycles. The molecule has 0 aliphatic carbocycles. The molecular weight excluding hydrogens is 1280 g/mol. The van der Waals surface area contributed by atoms with E-state index < -0.39 is 26.5 Å². The predicted molar refractivity (Wildman–Crippen MR) is 444 cm³/mol. The summed E-state index contributed by atoms with van der Waals surface area (Å²) in [5.74, 6) is -0.802. The Morgan fingerprint density at radius 2 is 0.529 bits per heavy atom. The molecule has 9 nitrogen and oxygen atoms in total. The molecule has 2 unspecified atom stereocenters. The maximum Gasteiger partial charge on any atom is 0.306 e. The Balaban J connectivity index is 3.82. The van der Waals surface area contributed by atoms with E-state index in [4.69, 9.17) is 18.5 Å². The number of esters is 2. The monoisotopic (exact) mass is 1460 g/mol. The van der Waals surface area contributed by atoms with Crippen LogP contribution in [0.3, 0.4) is 0 Å². The van der Waals surface area contributed by atoms with Crippen LogP contribution in [0.2, 0.25) is 0 Å². The normalized spacial score (nSPS) is 13.0. The molecule has 0 saturated heterocycles. The number of ether oxygens (including phenoxy) is 2. The van der Waals surface area contributed by atoms with Gasteiger partial charge < -0.3 is 27.9 Å². The Bertz CT molecular complexity index is 1810. The smallest absolute Gasteiger partial charge is 0.306 e. The summed E-state index contributed by atoms with van der Waals surface area (Å²) in [7, 11) is 1.20. The highest BCUT2D eigenvalue weighted by Gasteiger charge is 2.22. The molecule has 0 N–H and O–H groups in total. The molecule has 0 fully saturated rings. The fourth-order valence-electron chi connectivity index (χ4n) is 14.2. The summed E-state index contributed by atoms with van der Waals surface area (Å²) < 4.78 is 34.5. The number of hydrogen-bond donors (Lipinski definition) is 0. The highest BCUT2D eigenvalue weighted by atomic mass is 31.2. The van der Waals surface area contributed by atoms with Crippen LogP contribution in [0.4, 0.5) is 0 Å². The quantitative estimate of drug-likeness (QED) is 0.0195. The SMILES string of the molecule is CCCCCCC/C=C\C/C=C\CCCCCCCCCCCCCCCCCCCCCCCCCCCCCCCC(=O)OC(COC(=O)CCCCCCCCCCCCCCCCCCCCCCCCCCC/C=C\CCCCCCCCCC)COP(=O)([O-])OCC[N+](C)(C)C. The molecule has 2 atom stereocenters. The fourth-order valence-corrected chi connectivity index (χ4v) is 14.9. The van der Waals surface area contributed by atoms with Gasteiger partial charge in [0.15, 0.2) is 6.10 Å². The molecule has 102 heavy (non-hydrogen) atoms. The number of rotatable bonds is 87. The van der Waals surface area contributed by atoms with Crippen molar-refractivity contribution in [1.82, 2.24) is 0 Å². The summed E-state index contributed by atoms with van der Waals surface area (Å²) >= 11 is 0. The van der Waals surface area contributed by atoms with Gasteiger partial charge in [0.1, 0.15) is 19.8 Å². The van der Waals surface area contributed by atoms with Crippen LogP contribution in [-0.2, 0) is 32.7 Å². The molecule has 10 heteroatoms. The van der Waals surface area contributed by atoms with E-state index in [2.05, 4.69) is 50.3 Å². The molecule has 0 heterocycles. The van der Waals surface area contributed by atoms with Crippen LogP contribution >= 0.6 is 7.82 Å². The molecule has 0 aromatic rings. The van der Waals surface area contributed by atoms with Gasteiger partial charge in [-0.25, -0.2) is 0 Å². The molecule has 0 rings (SSSR count). The first kappa shape index (κ1) is 100. The molecule has 0 radical (unpaired) electrons. The molecule has 0 aliphatic rings. The first-order chi connectivity index (χ1) is 50.0. The van der Waals surface area contributed by atoms with Gasteiger partial charge in [-0.15, -0.1) is 0 Å². The van der Waals surface area contributed by atoms with E-state index in [0.29, 0.717) is 17.4 Å². The maximum absolute atomic E-state index is 12.9. The molecule has 604 valence electrons. The van der Waals surface area contributed by atoms with E-state index in [0.717, 1.165) is 38.5 Å². The largest absolute Gasteiger partial charge is 0.756 e. The first-order valence-corrected chi connectivity index (χ1v) is 47.2. The van der Waals surface area contributed by atoms with Crippen LogP contribution in [0, 0.1) is 0 Å². The molecule has 0 bridgehead atoms. The van der Waals surface area contributed by atoms with E-state index in [1.165, 1.54) is 417 Å². The first-order valence-electron chi connectivity index (χ1n) is 45.7. The molecule has 0 amide bonds. The second kappa shape index (κ2) is 83.3. The molecule has 0 aliphatic heterocycles. The lowest BCUT2D eigenvalue weighted by molar-refractivity contribution is -0.870. The number of likely N-dealkylation sites (N-methyl/N-ethyl adjacent to an activating group) is 1. The average molecular weight is 1460 g/mol. The zero-order valence-corrected chi connectivity index (χ0v) is 70.3. The summed E-state index contributed by atoms with van der Waals surface area (Å²) in [6.07, 6.45) is 110. The van der Waals surface area contributed by atoms with Crippen molar-refractivity contribution in [1.29, 1.82) is 0 Å². The third kappa shape index (κ3) is 87.1. The molecule has 0 saturated carbocycles. The van der Waals surface area contributed by atoms with Gasteiger partial charge in [0.05, 0.1) is 27.7 Å². The summed E-state index contributed by atoms with van der Waals surface area (Å²) in [6.45, 7) is 4.32. The number of carbonyl (C=O) groups is 2. The van der Waals surface area contributed by atoms with Crippen molar-refractivity contribution >= 4 is 19.8 Å². The standard InChI is InChI=1S/C92H178NO8P/c1-6-8-10-12-14-16-18-20-22-24-26-28-30-32-34-36-38-40-42-44-45-46-47-49-51-53-55-57-59-61-63-65-67-69-71-73-75-77-79-81-83-85-92(95)101-90(89-100-102(96,97)99-87-86-93(3,4)5)88-98-91(94)84-82-80-78-76-74-72-70-68-66-64-62-60-58-56-54-52-50-48-43-41-39-37-35-33-31-29-27-25-23-21-19-17-15-13-11-9-7-2/h18,20,24-27,90H,6-17,19,21-23,28-89H2,1-5H3/b20-18-,26-24-,27-25-. The van der Waals surface area contributed by atoms with Gasteiger partial charge in [-0.05, 0) is 70.6 Å². The van der Waals surface area contributed by atoms with Crippen LogP contribution in [0.25, 0.3) is 0 Å². The second-order valence-corrected chi connectivity index (χ2v) is 34.1. The van der Waals surface area contributed by atoms with Gasteiger partial charge in [-0.3, -0.25) is 14.2 Å². The minimum atomic E-state index is -4.64. The van der Waals surface area contributed by atoms with Crippen molar-refractivity contribution < 1.29 is 42.1 Å². The van der Waals surface area contributed by atoms with E-state index >= 15 is 0 Å². The van der Waals surface area contributed by atoms with Crippen LogP contribution in [0.15, 0.2) is 36.5 Å². The summed E-state index contributed by atoms with van der Waals surface area (Å²) in [4.78, 5) is 38.3. The number of phosphoric acid groups is 1. The van der Waals surface area contributed by atoms with E-state index in [1.54, 1.807) is 0 Å². The predicted octanol–water partition coefficient (Wildman–Crippen LogP) is 30.2. The number of quaternary nitrogens is 1. The van der Waals surface area contributed by atoms with Crippen molar-refractivity contribution in [2.75, 3.05) is 47.5 Å². The Hall–Kier alpha value is -1.77. The number of phosphoric ester groups is 1. The van der Waals surface area contributed by atoms with E-state index in [9.17, 15) is 19.0 Å². The third-order valence-electron chi connectivity index (χ3n) is 21.1. The van der Waals surface area contributed by atoms with Crippen molar-refractivity contribution in [3.63, 3.8) is 0 Å². The Morgan fingerprint density at radius 3 is 0.784 bits per heavy atom. The molecular formula is C92H178NO8P. The van der Waals surface area contributed by atoms with Gasteiger partial charge in [0, 0.05) is 12.8 Å². The van der Waals surface area contributed by atoms with Gasteiger partial charge >= 0.3 is 11.9 Å². The van der Waals surface area contributed by atoms with E-state index in [-0.39, 0.29) is 32.0 Å². The van der Waals surface area contributed by atoms with E-state index in [1.807, 2.05) is 21.1 Å². The highest BCUT2D eigenvalue weighted by molar-refractivity contribution is 7.45. The van der Waals surface area contributed by atoms with Crippen LogP contribution < -0.4 is 4.89 Å². The Labute approximate surface area is 637 Å². The number of hydrogen-bond acceptors (Lipinski definition) is 8. The summed E-state index contributed by atoms with van der Waals surface area (Å²) in [5, 5.41) is 0. The second-order valence-electron chi connectivity index (χ2n) is 32.7. The van der Waals surface area contributed by atoms with Crippen LogP contribution in [0.5, 0.6) is 0 Å². The molecule has 0 spiro atoms. The lowest BCUT2D eigenvalue weighted by atomic mass is 10.0. The summed E-state index contributed by atoms with van der Waals surface area (Å²) in [5.41, 5.74) is 0. The van der Waals surface area contributed by atoms with Crippen molar-refractivity contribution in [2.45, 2.75) is 495 Å². The number of carbonyl (C=O) groups excluding carboxylic acids is 2. The fraction of sp³-hybridized carbons (Fsp3) is 0.913. The average Bonchev–Trinajstić information content (AvgIpc) is 0.916. The lowest BCUT2D eigenvalue weighted by Crippen LogP contribution is -2.37. The Morgan fingerprint density at radius 1 is 0.304 bits per heavy atom. The van der Waals surface area contributed by atoms with Gasteiger partial charge in [0.2, 0.25) is 0 Å². The zero-order chi connectivity index (χ0) is 74.0. The highest BCUT2D eigenvalue weighted by Crippen LogP contribution is 2.38. The lowest BCUT2D eigenvalue weighted by Gasteiger charge is -2.28. The minimum Gasteiger partial charge on any atom is -0.756 e. The maximum atomic E-state index is 12.9. The number of nitrogens with zero attached hydrogens (tertiary/aromatic N) is 1. The minimum absolute atomic E-state index is 0.0263. The molecule has 0 aromatic heterocycles. The third-order valence-corrected chi connectivity index (χ3v) is 22.1. The van der Waals surface area contributed by atoms with Gasteiger partial charge in [-0.2, -0.15) is 0 Å². The number of allylic oxidation sites excluding steroid dienone is 6. The topological polar surface area (TPSA) is 111 Å². The van der Waals surface area contributed by atoms with Gasteiger partial charge in [-0.1, -0.05) is 442 Å². The van der Waals surface area contributed by atoms with Crippen molar-refractivity contribution in [3.05, 3.63) is 36.5 Å². The van der Waals surface area contributed by atoms with Crippen LogP contribution in [-0.4, -0.2) is 70.0 Å². The zero-order valence-electron chi connectivity index (χ0n) is 69.4. The van der Waals surface area contributed by atoms with Gasteiger partial charge in [0.25, 0.3) is 7.82 Å². The van der Waals surface area contributed by atoms with Crippen molar-refractivity contribution in [3.8, 4) is 0 Å². The summed E-state index contributed by atoms with van der Waals surface area (Å²) in [6, 6.07) is 0. The van der Waals surface area contributed by atoms with Crippen LogP contribution in [0.1, 0.15) is 489 Å². The number of unbranched alkanes of at least 4 members (excludes halogenated alkanes) is 67.